The lowest BCUT2D eigenvalue weighted by Gasteiger charge is -2.25. The summed E-state index contributed by atoms with van der Waals surface area (Å²) in [5.41, 5.74) is -0.571. The maximum Gasteiger partial charge on any atom is 0.407 e. The standard InChI is InChI=1S/C18H33NO3/c1-16(2,3)22-15(21)19-11-9-8-10-13-14(20)18(6,7)12-17(13,4)5/h13H,8-12H2,1-7H3,(H,19,21)/t13-/m0/s1. The van der Waals surface area contributed by atoms with E-state index < -0.39 is 5.60 Å². The zero-order valence-corrected chi connectivity index (χ0v) is 15.3. The second-order valence-electron chi connectivity index (χ2n) is 8.89. The van der Waals surface area contributed by atoms with E-state index in [2.05, 4.69) is 33.0 Å². The zero-order valence-electron chi connectivity index (χ0n) is 15.3. The van der Waals surface area contributed by atoms with E-state index in [9.17, 15) is 9.59 Å². The summed E-state index contributed by atoms with van der Waals surface area (Å²) in [6.07, 6.45) is 3.32. The van der Waals surface area contributed by atoms with Gasteiger partial charge in [-0.3, -0.25) is 4.79 Å². The van der Waals surface area contributed by atoms with Gasteiger partial charge in [-0.2, -0.15) is 0 Å². The van der Waals surface area contributed by atoms with Crippen LogP contribution in [-0.4, -0.2) is 24.0 Å². The predicted molar refractivity (Wildman–Crippen MR) is 88.8 cm³/mol. The average molecular weight is 311 g/mol. The van der Waals surface area contributed by atoms with Crippen LogP contribution in [0.5, 0.6) is 0 Å². The number of nitrogens with one attached hydrogen (secondary N) is 1. The monoisotopic (exact) mass is 311 g/mol. The fourth-order valence-corrected chi connectivity index (χ4v) is 3.68. The third kappa shape index (κ3) is 5.29. The molecule has 1 N–H and O–H groups in total. The van der Waals surface area contributed by atoms with E-state index in [0.29, 0.717) is 12.3 Å². The Kier molecular flexibility index (Phi) is 5.69. The minimum absolute atomic E-state index is 0.0825. The summed E-state index contributed by atoms with van der Waals surface area (Å²) in [7, 11) is 0. The molecule has 0 heterocycles. The maximum absolute atomic E-state index is 12.5. The molecule has 4 nitrogen and oxygen atoms in total. The molecule has 0 aromatic rings. The van der Waals surface area contributed by atoms with E-state index in [1.54, 1.807) is 0 Å². The lowest BCUT2D eigenvalue weighted by Crippen LogP contribution is -2.33. The molecule has 0 unspecified atom stereocenters. The molecule has 0 spiro atoms. The minimum atomic E-state index is -0.462. The van der Waals surface area contributed by atoms with E-state index >= 15 is 0 Å². The Morgan fingerprint density at radius 2 is 1.82 bits per heavy atom. The Balaban J connectivity index is 2.31. The smallest absolute Gasteiger partial charge is 0.407 e. The van der Waals surface area contributed by atoms with Gasteiger partial charge in [0.1, 0.15) is 11.4 Å². The van der Waals surface area contributed by atoms with Gasteiger partial charge in [0.2, 0.25) is 0 Å². The molecule has 0 aromatic heterocycles. The van der Waals surface area contributed by atoms with Crippen LogP contribution in [0, 0.1) is 16.7 Å². The first-order valence-corrected chi connectivity index (χ1v) is 8.36. The molecular weight excluding hydrogens is 278 g/mol. The Bertz CT molecular complexity index is 419. The number of hydrogen-bond donors (Lipinski definition) is 1. The van der Waals surface area contributed by atoms with Crippen LogP contribution in [0.15, 0.2) is 0 Å². The molecule has 0 saturated heterocycles. The van der Waals surface area contributed by atoms with Crippen molar-refractivity contribution < 1.29 is 14.3 Å². The van der Waals surface area contributed by atoms with Crippen molar-refractivity contribution in [3.05, 3.63) is 0 Å². The molecule has 1 fully saturated rings. The van der Waals surface area contributed by atoms with Crippen LogP contribution >= 0.6 is 0 Å². The molecule has 4 heteroatoms. The summed E-state index contributed by atoms with van der Waals surface area (Å²) in [6.45, 7) is 14.7. The van der Waals surface area contributed by atoms with Gasteiger partial charge in [0.15, 0.2) is 0 Å². The number of Topliss-reactive ketones (excluding diaryl/α,β-unsaturated/α-hetero) is 1. The van der Waals surface area contributed by atoms with E-state index in [-0.39, 0.29) is 22.8 Å². The maximum atomic E-state index is 12.5. The predicted octanol–water partition coefficient (Wildman–Crippen LogP) is 4.32. The number of unbranched alkanes of at least 4 members (excludes halogenated alkanes) is 1. The van der Waals surface area contributed by atoms with Crippen molar-refractivity contribution in [2.45, 2.75) is 79.8 Å². The van der Waals surface area contributed by atoms with Gasteiger partial charge in [0.25, 0.3) is 0 Å². The summed E-state index contributed by atoms with van der Waals surface area (Å²) < 4.78 is 5.19. The summed E-state index contributed by atoms with van der Waals surface area (Å²) in [5.74, 6) is 0.543. The summed E-state index contributed by atoms with van der Waals surface area (Å²) in [6, 6.07) is 0. The Morgan fingerprint density at radius 3 is 2.27 bits per heavy atom. The molecule has 0 aliphatic heterocycles. The Morgan fingerprint density at radius 1 is 1.23 bits per heavy atom. The first-order chi connectivity index (χ1) is 9.85. The van der Waals surface area contributed by atoms with E-state index in [0.717, 1.165) is 25.7 Å². The highest BCUT2D eigenvalue weighted by Gasteiger charge is 2.51. The van der Waals surface area contributed by atoms with E-state index in [4.69, 9.17) is 4.74 Å². The molecule has 1 aliphatic rings. The van der Waals surface area contributed by atoms with Gasteiger partial charge in [0.05, 0.1) is 0 Å². The van der Waals surface area contributed by atoms with Gasteiger partial charge in [-0.25, -0.2) is 4.79 Å². The van der Waals surface area contributed by atoms with Crippen molar-refractivity contribution in [2.75, 3.05) is 6.54 Å². The highest BCUT2D eigenvalue weighted by Crippen LogP contribution is 2.51. The van der Waals surface area contributed by atoms with Crippen LogP contribution in [0.25, 0.3) is 0 Å². The van der Waals surface area contributed by atoms with Crippen molar-refractivity contribution in [3.63, 3.8) is 0 Å². The molecule has 128 valence electrons. The first-order valence-electron chi connectivity index (χ1n) is 8.36. The third-order valence-electron chi connectivity index (χ3n) is 4.41. The van der Waals surface area contributed by atoms with Gasteiger partial charge < -0.3 is 10.1 Å². The van der Waals surface area contributed by atoms with Crippen LogP contribution in [0.3, 0.4) is 0 Å². The molecule has 1 amide bonds. The number of carbonyl (C=O) groups is 2. The van der Waals surface area contributed by atoms with Crippen molar-refractivity contribution in [1.82, 2.24) is 5.32 Å². The quantitative estimate of drug-likeness (QED) is 0.769. The lowest BCUT2D eigenvalue weighted by molar-refractivity contribution is -0.128. The molecular formula is C18H33NO3. The second-order valence-corrected chi connectivity index (χ2v) is 8.89. The molecule has 1 aliphatic carbocycles. The molecule has 1 atom stereocenters. The van der Waals surface area contributed by atoms with Crippen LogP contribution < -0.4 is 5.32 Å². The first kappa shape index (κ1) is 19.0. The van der Waals surface area contributed by atoms with E-state index in [1.165, 1.54) is 0 Å². The van der Waals surface area contributed by atoms with Gasteiger partial charge in [0, 0.05) is 17.9 Å². The average Bonchev–Trinajstić information content (AvgIpc) is 2.43. The van der Waals surface area contributed by atoms with Crippen molar-refractivity contribution in [2.24, 2.45) is 16.7 Å². The molecule has 0 aromatic carbocycles. The number of rotatable bonds is 5. The van der Waals surface area contributed by atoms with Crippen LogP contribution in [0.2, 0.25) is 0 Å². The minimum Gasteiger partial charge on any atom is -0.444 e. The normalized spacial score (nSPS) is 23.4. The summed E-state index contributed by atoms with van der Waals surface area (Å²) >= 11 is 0. The number of amides is 1. The number of ketones is 1. The largest absolute Gasteiger partial charge is 0.444 e. The van der Waals surface area contributed by atoms with Crippen LogP contribution in [0.4, 0.5) is 4.79 Å². The summed E-state index contributed by atoms with van der Waals surface area (Å²) in [4.78, 5) is 24.0. The third-order valence-corrected chi connectivity index (χ3v) is 4.41. The SMILES string of the molecule is CC(C)(C)OC(=O)NCCCC[C@H]1C(=O)C(C)(C)CC1(C)C. The Labute approximate surface area is 135 Å². The zero-order chi connectivity index (χ0) is 17.2. The molecule has 1 saturated carbocycles. The molecule has 0 radical (unpaired) electrons. The lowest BCUT2D eigenvalue weighted by atomic mass is 9.78. The number of hydrogen-bond acceptors (Lipinski definition) is 3. The van der Waals surface area contributed by atoms with Gasteiger partial charge in [-0.05, 0) is 45.4 Å². The van der Waals surface area contributed by atoms with E-state index in [1.807, 2.05) is 20.8 Å². The van der Waals surface area contributed by atoms with Crippen molar-refractivity contribution in [3.8, 4) is 0 Å². The summed E-state index contributed by atoms with van der Waals surface area (Å²) in [5, 5.41) is 2.77. The highest BCUT2D eigenvalue weighted by atomic mass is 16.6. The highest BCUT2D eigenvalue weighted by molar-refractivity contribution is 5.89. The molecule has 22 heavy (non-hydrogen) atoms. The number of ether oxygens (including phenoxy) is 1. The fraction of sp³-hybridized carbons (Fsp3) is 0.889. The van der Waals surface area contributed by atoms with Crippen molar-refractivity contribution in [1.29, 1.82) is 0 Å². The Hall–Kier alpha value is -1.06. The topological polar surface area (TPSA) is 55.4 Å². The number of alkyl carbamates (subject to hydrolysis) is 1. The number of carbonyl (C=O) groups excluding carboxylic acids is 2. The van der Waals surface area contributed by atoms with Crippen LogP contribution in [0.1, 0.15) is 74.1 Å². The van der Waals surface area contributed by atoms with Gasteiger partial charge in [-0.1, -0.05) is 34.1 Å². The van der Waals surface area contributed by atoms with Gasteiger partial charge >= 0.3 is 6.09 Å². The molecule has 1 rings (SSSR count). The fourth-order valence-electron chi connectivity index (χ4n) is 3.68. The molecule has 0 bridgehead atoms. The van der Waals surface area contributed by atoms with Gasteiger partial charge in [-0.15, -0.1) is 0 Å². The van der Waals surface area contributed by atoms with Crippen molar-refractivity contribution >= 4 is 11.9 Å². The van der Waals surface area contributed by atoms with Crippen LogP contribution in [-0.2, 0) is 9.53 Å². The second kappa shape index (κ2) is 6.59.